The molecule has 3 heteroatoms. The van der Waals surface area contributed by atoms with Gasteiger partial charge in [0.15, 0.2) is 0 Å². The summed E-state index contributed by atoms with van der Waals surface area (Å²) >= 11 is 6.18. The lowest BCUT2D eigenvalue weighted by molar-refractivity contribution is 0.836. The third kappa shape index (κ3) is 2.33. The number of hydrogen-bond donors (Lipinski definition) is 1. The van der Waals surface area contributed by atoms with E-state index in [4.69, 9.17) is 17.3 Å². The maximum atomic E-state index is 6.26. The van der Waals surface area contributed by atoms with Crippen molar-refractivity contribution in [1.29, 1.82) is 0 Å². The molecule has 0 aliphatic carbocycles. The molecule has 1 atom stereocenters. The molecule has 0 spiro atoms. The van der Waals surface area contributed by atoms with Crippen molar-refractivity contribution in [2.75, 3.05) is 0 Å². The van der Waals surface area contributed by atoms with Crippen molar-refractivity contribution < 1.29 is 0 Å². The van der Waals surface area contributed by atoms with E-state index in [-0.39, 0.29) is 6.04 Å². The summed E-state index contributed by atoms with van der Waals surface area (Å²) in [6.45, 7) is 0. The number of benzene rings is 2. The largest absolute Gasteiger partial charge is 0.319 e. The summed E-state index contributed by atoms with van der Waals surface area (Å²) in [5, 5.41) is 1.78. The Morgan fingerprint density at radius 3 is 2.47 bits per heavy atom. The number of fused-ring (bicyclic) bond motifs is 1. The Morgan fingerprint density at radius 1 is 0.895 bits per heavy atom. The Labute approximate surface area is 116 Å². The highest BCUT2D eigenvalue weighted by Crippen LogP contribution is 2.26. The molecule has 94 valence electrons. The number of para-hydroxylation sites is 1. The minimum atomic E-state index is -0.307. The van der Waals surface area contributed by atoms with E-state index in [1.807, 2.05) is 60.7 Å². The first kappa shape index (κ1) is 12.2. The fourth-order valence-electron chi connectivity index (χ4n) is 2.14. The zero-order valence-electron chi connectivity index (χ0n) is 10.3. The SMILES string of the molecule is NC(c1ccc2ccccc2n1)c1ccccc1Cl. The monoisotopic (exact) mass is 268 g/mol. The third-order valence-electron chi connectivity index (χ3n) is 3.18. The molecule has 0 bridgehead atoms. The standard InChI is InChI=1S/C16H13ClN2/c17-13-7-3-2-6-12(13)16(18)15-10-9-11-5-1-4-8-14(11)19-15/h1-10,16H,18H2. The van der Waals surface area contributed by atoms with Gasteiger partial charge in [0, 0.05) is 10.4 Å². The van der Waals surface area contributed by atoms with Gasteiger partial charge >= 0.3 is 0 Å². The molecule has 0 saturated carbocycles. The quantitative estimate of drug-likeness (QED) is 0.765. The van der Waals surface area contributed by atoms with E-state index >= 15 is 0 Å². The molecule has 19 heavy (non-hydrogen) atoms. The van der Waals surface area contributed by atoms with Gasteiger partial charge in [-0.25, -0.2) is 0 Å². The molecule has 2 N–H and O–H groups in total. The lowest BCUT2D eigenvalue weighted by atomic mass is 10.0. The molecule has 0 aliphatic rings. The van der Waals surface area contributed by atoms with E-state index in [2.05, 4.69) is 4.98 Å². The van der Waals surface area contributed by atoms with Gasteiger partial charge in [0.25, 0.3) is 0 Å². The predicted molar refractivity (Wildman–Crippen MR) is 79.2 cm³/mol. The van der Waals surface area contributed by atoms with Crippen LogP contribution in [-0.4, -0.2) is 4.98 Å². The Hall–Kier alpha value is -1.90. The summed E-state index contributed by atoms with van der Waals surface area (Å²) in [4.78, 5) is 4.61. The molecular formula is C16H13ClN2. The van der Waals surface area contributed by atoms with Crippen LogP contribution in [0.1, 0.15) is 17.3 Å². The Morgan fingerprint density at radius 2 is 1.63 bits per heavy atom. The first-order chi connectivity index (χ1) is 9.25. The topological polar surface area (TPSA) is 38.9 Å². The van der Waals surface area contributed by atoms with Crippen molar-refractivity contribution in [1.82, 2.24) is 4.98 Å². The second-order valence-corrected chi connectivity index (χ2v) is 4.84. The summed E-state index contributed by atoms with van der Waals surface area (Å²) in [5.41, 5.74) is 8.93. The maximum absolute atomic E-state index is 6.26. The zero-order chi connectivity index (χ0) is 13.2. The molecule has 1 heterocycles. The highest BCUT2D eigenvalue weighted by molar-refractivity contribution is 6.31. The number of aromatic nitrogens is 1. The minimum Gasteiger partial charge on any atom is -0.319 e. The van der Waals surface area contributed by atoms with Crippen LogP contribution in [0.4, 0.5) is 0 Å². The smallest absolute Gasteiger partial charge is 0.0741 e. The molecule has 3 rings (SSSR count). The summed E-state index contributed by atoms with van der Waals surface area (Å²) in [7, 11) is 0. The molecule has 3 aromatic rings. The number of pyridine rings is 1. The van der Waals surface area contributed by atoms with E-state index in [1.54, 1.807) is 0 Å². The molecule has 0 aliphatic heterocycles. The van der Waals surface area contributed by atoms with E-state index in [1.165, 1.54) is 0 Å². The fourth-order valence-corrected chi connectivity index (χ4v) is 2.39. The molecule has 1 aromatic heterocycles. The zero-order valence-corrected chi connectivity index (χ0v) is 11.0. The number of nitrogens with zero attached hydrogens (tertiary/aromatic N) is 1. The first-order valence-electron chi connectivity index (χ1n) is 6.11. The molecule has 1 unspecified atom stereocenters. The van der Waals surface area contributed by atoms with Crippen LogP contribution < -0.4 is 5.73 Å². The lowest BCUT2D eigenvalue weighted by Gasteiger charge is -2.13. The Bertz CT molecular complexity index is 725. The van der Waals surface area contributed by atoms with Crippen LogP contribution in [0.15, 0.2) is 60.7 Å². The van der Waals surface area contributed by atoms with Gasteiger partial charge in [-0.3, -0.25) is 4.98 Å². The Balaban J connectivity index is 2.07. The first-order valence-corrected chi connectivity index (χ1v) is 6.49. The number of nitrogens with two attached hydrogens (primary N) is 1. The minimum absolute atomic E-state index is 0.307. The molecule has 0 amide bonds. The van der Waals surface area contributed by atoms with Gasteiger partial charge in [0.1, 0.15) is 0 Å². The number of halogens is 1. The normalized spacial score (nSPS) is 12.5. The molecule has 0 fully saturated rings. The van der Waals surface area contributed by atoms with Crippen LogP contribution in [-0.2, 0) is 0 Å². The van der Waals surface area contributed by atoms with E-state index < -0.39 is 0 Å². The molecule has 2 aromatic carbocycles. The summed E-state index contributed by atoms with van der Waals surface area (Å²) < 4.78 is 0. The molecular weight excluding hydrogens is 256 g/mol. The number of rotatable bonds is 2. The van der Waals surface area contributed by atoms with Crippen LogP contribution in [0.25, 0.3) is 10.9 Å². The molecule has 2 nitrogen and oxygen atoms in total. The maximum Gasteiger partial charge on any atom is 0.0741 e. The van der Waals surface area contributed by atoms with Gasteiger partial charge < -0.3 is 5.73 Å². The van der Waals surface area contributed by atoms with E-state index in [9.17, 15) is 0 Å². The summed E-state index contributed by atoms with van der Waals surface area (Å²) in [6.07, 6.45) is 0. The van der Waals surface area contributed by atoms with Gasteiger partial charge in [0.05, 0.1) is 17.3 Å². The number of hydrogen-bond acceptors (Lipinski definition) is 2. The van der Waals surface area contributed by atoms with Crippen LogP contribution in [0.5, 0.6) is 0 Å². The van der Waals surface area contributed by atoms with Gasteiger partial charge in [-0.15, -0.1) is 0 Å². The van der Waals surface area contributed by atoms with Crippen LogP contribution >= 0.6 is 11.6 Å². The van der Waals surface area contributed by atoms with Crippen molar-refractivity contribution in [3.63, 3.8) is 0 Å². The second-order valence-electron chi connectivity index (χ2n) is 4.43. The predicted octanol–water partition coefficient (Wildman–Crippen LogP) is 3.94. The molecule has 0 radical (unpaired) electrons. The summed E-state index contributed by atoms with van der Waals surface area (Å²) in [6, 6.07) is 19.3. The highest BCUT2D eigenvalue weighted by atomic mass is 35.5. The Kier molecular flexibility index (Phi) is 3.20. The summed E-state index contributed by atoms with van der Waals surface area (Å²) in [5.74, 6) is 0. The van der Waals surface area contributed by atoms with Gasteiger partial charge in [-0.05, 0) is 23.8 Å². The van der Waals surface area contributed by atoms with E-state index in [0.717, 1.165) is 22.2 Å². The van der Waals surface area contributed by atoms with Crippen molar-refractivity contribution >= 4 is 22.5 Å². The van der Waals surface area contributed by atoms with Crippen molar-refractivity contribution in [2.45, 2.75) is 6.04 Å². The third-order valence-corrected chi connectivity index (χ3v) is 3.52. The van der Waals surface area contributed by atoms with Crippen LogP contribution in [0.2, 0.25) is 5.02 Å². The fraction of sp³-hybridized carbons (Fsp3) is 0.0625. The van der Waals surface area contributed by atoms with Gasteiger partial charge in [-0.1, -0.05) is 54.1 Å². The highest BCUT2D eigenvalue weighted by Gasteiger charge is 2.13. The van der Waals surface area contributed by atoms with Crippen molar-refractivity contribution in [3.05, 3.63) is 76.9 Å². The van der Waals surface area contributed by atoms with Crippen LogP contribution in [0, 0.1) is 0 Å². The van der Waals surface area contributed by atoms with Crippen LogP contribution in [0.3, 0.4) is 0 Å². The average Bonchev–Trinajstić information content (AvgIpc) is 2.46. The average molecular weight is 269 g/mol. The van der Waals surface area contributed by atoms with Gasteiger partial charge in [0.2, 0.25) is 0 Å². The van der Waals surface area contributed by atoms with Gasteiger partial charge in [-0.2, -0.15) is 0 Å². The van der Waals surface area contributed by atoms with E-state index in [0.29, 0.717) is 5.02 Å². The van der Waals surface area contributed by atoms with Crippen molar-refractivity contribution in [2.24, 2.45) is 5.73 Å². The van der Waals surface area contributed by atoms with Crippen molar-refractivity contribution in [3.8, 4) is 0 Å². The molecule has 0 saturated heterocycles. The second kappa shape index (κ2) is 5.00. The lowest BCUT2D eigenvalue weighted by Crippen LogP contribution is -2.13.